The molecule has 286 valence electrons. The molecule has 0 aliphatic rings. The number of hydrogen-bond acceptors (Lipinski definition) is 12. The summed E-state index contributed by atoms with van der Waals surface area (Å²) >= 11 is 0. The molecule has 2 heterocycles. The second-order valence-electron chi connectivity index (χ2n) is 13.0. The van der Waals surface area contributed by atoms with Gasteiger partial charge in [0.15, 0.2) is 11.2 Å². The van der Waals surface area contributed by atoms with E-state index in [0.29, 0.717) is 30.6 Å². The van der Waals surface area contributed by atoms with Gasteiger partial charge in [-0.05, 0) is 37.1 Å². The first-order valence-corrected chi connectivity index (χ1v) is 19.3. The largest absolute Gasteiger partial charge is 1.00 e. The molecule has 3 rings (SSSR count). The van der Waals surface area contributed by atoms with Crippen molar-refractivity contribution in [3.63, 3.8) is 0 Å². The normalized spacial score (nSPS) is 13.7. The summed E-state index contributed by atoms with van der Waals surface area (Å²) in [6.45, 7) is 4.21. The fourth-order valence-corrected chi connectivity index (χ4v) is 7.64. The summed E-state index contributed by atoms with van der Waals surface area (Å²) in [6.07, 6.45) is 9.15. The fraction of sp³-hybridized carbons (Fsp3) is 0.571. The number of benzene rings is 1. The van der Waals surface area contributed by atoms with Crippen LogP contribution in [0.4, 0.5) is 11.6 Å². The molecule has 0 saturated heterocycles. The predicted molar refractivity (Wildman–Crippen MR) is 194 cm³/mol. The van der Waals surface area contributed by atoms with Gasteiger partial charge in [-0.2, -0.15) is 13.4 Å². The number of nitrogens with one attached hydrogen (secondary N) is 3. The topological polar surface area (TPSA) is 270 Å². The molecular formula is C35H50N7NaO9S. The van der Waals surface area contributed by atoms with Crippen LogP contribution in [0.2, 0.25) is 0 Å². The van der Waals surface area contributed by atoms with Crippen molar-refractivity contribution in [1.29, 1.82) is 0 Å². The average Bonchev–Trinajstić information content (AvgIpc) is 3.09. The molecule has 3 aromatic rings. The maximum atomic E-state index is 13.5. The van der Waals surface area contributed by atoms with Crippen LogP contribution in [-0.4, -0.2) is 66.6 Å². The summed E-state index contributed by atoms with van der Waals surface area (Å²) < 4.78 is 33.6. The quantitative estimate of drug-likeness (QED) is 0.0414. The molecule has 0 spiro atoms. The third-order valence-electron chi connectivity index (χ3n) is 9.24. The minimum absolute atomic E-state index is 0. The number of hydrogen-bond donors (Lipinski definition) is 6. The van der Waals surface area contributed by atoms with E-state index < -0.39 is 56.7 Å². The number of anilines is 2. The molecule has 1 aromatic carbocycles. The summed E-state index contributed by atoms with van der Waals surface area (Å²) in [4.78, 5) is 65.9. The molecule has 1 amide bonds. The SMILES string of the molecule is CCCCCCCCC([C@H](NC(=O)c1ccc(NCc2cnc3nc(N)[nH]c(=O)c3n2)cc1)C(=O)O)C(CCCCCCCC)(C(=O)[O-])S(=O)(=O)O.[Na+]. The number of aromatic amines is 1. The van der Waals surface area contributed by atoms with Crippen molar-refractivity contribution in [2.45, 2.75) is 121 Å². The van der Waals surface area contributed by atoms with Gasteiger partial charge in [0, 0.05) is 17.2 Å². The number of amides is 1. The van der Waals surface area contributed by atoms with E-state index in [-0.39, 0.29) is 78.0 Å². The molecule has 2 aromatic heterocycles. The zero-order valence-corrected chi connectivity index (χ0v) is 33.5. The summed E-state index contributed by atoms with van der Waals surface area (Å²) in [5.74, 6) is -6.46. The molecule has 0 radical (unpaired) electrons. The standard InChI is InChI=1S/C35H51N7O9S.Na/c1-3-5-7-9-11-13-15-26(35(33(47)48,52(49,50)51)20-14-12-10-8-6-4-2)27(32(45)46)40-30(43)23-16-18-24(19-17-23)37-21-25-22-38-29-28(39-25)31(44)42-34(36)41-29;/h16-19,22,26-27,37H,3-15,20-21H2,1-2H3,(H,40,43)(H,45,46)(H,47,48)(H,49,50,51)(H3,36,38,41,42,44);/q;+1/p-1/t26?,27-,35?;/m0./s1. The maximum Gasteiger partial charge on any atom is 1.00 e. The molecule has 0 aliphatic heterocycles. The van der Waals surface area contributed by atoms with Crippen LogP contribution in [0.15, 0.2) is 35.3 Å². The molecule has 2 unspecified atom stereocenters. The number of carbonyl (C=O) groups excluding carboxylic acids is 2. The molecule has 53 heavy (non-hydrogen) atoms. The van der Waals surface area contributed by atoms with Crippen LogP contribution in [0.25, 0.3) is 11.2 Å². The summed E-state index contributed by atoms with van der Waals surface area (Å²) in [5, 5.41) is 28.6. The van der Waals surface area contributed by atoms with E-state index >= 15 is 0 Å². The van der Waals surface area contributed by atoms with Gasteiger partial charge in [0.05, 0.1) is 24.4 Å². The Morgan fingerprint density at radius 1 is 0.943 bits per heavy atom. The summed E-state index contributed by atoms with van der Waals surface area (Å²) in [6, 6.07) is 3.87. The van der Waals surface area contributed by atoms with Crippen LogP contribution < -0.4 is 56.6 Å². The van der Waals surface area contributed by atoms with E-state index in [9.17, 15) is 42.4 Å². The number of aliphatic carboxylic acids is 2. The number of nitrogens with two attached hydrogens (primary N) is 1. The van der Waals surface area contributed by atoms with Crippen LogP contribution in [0.1, 0.15) is 120 Å². The van der Waals surface area contributed by atoms with Gasteiger partial charge < -0.3 is 31.4 Å². The number of carbonyl (C=O) groups is 3. The number of nitrogens with zero attached hydrogens (tertiary/aromatic N) is 3. The molecule has 7 N–H and O–H groups in total. The van der Waals surface area contributed by atoms with Crippen LogP contribution >= 0.6 is 0 Å². The Bertz CT molecular complexity index is 1830. The van der Waals surface area contributed by atoms with E-state index in [1.165, 1.54) is 30.5 Å². The second-order valence-corrected chi connectivity index (χ2v) is 14.7. The van der Waals surface area contributed by atoms with E-state index in [1.54, 1.807) is 0 Å². The molecule has 0 fully saturated rings. The van der Waals surface area contributed by atoms with Crippen LogP contribution in [0.3, 0.4) is 0 Å². The Morgan fingerprint density at radius 2 is 1.53 bits per heavy atom. The Kier molecular flexibility index (Phi) is 18.8. The van der Waals surface area contributed by atoms with Crippen molar-refractivity contribution >= 4 is 50.8 Å². The molecular weight excluding hydrogens is 717 g/mol. The number of carboxylic acids is 2. The van der Waals surface area contributed by atoms with Crippen molar-refractivity contribution < 1.29 is 67.1 Å². The molecule has 0 saturated carbocycles. The third-order valence-corrected chi connectivity index (χ3v) is 10.8. The van der Waals surface area contributed by atoms with E-state index in [0.717, 1.165) is 44.9 Å². The van der Waals surface area contributed by atoms with Crippen molar-refractivity contribution in [2.24, 2.45) is 5.92 Å². The van der Waals surface area contributed by atoms with E-state index in [2.05, 4.69) is 30.6 Å². The molecule has 0 bridgehead atoms. The maximum absolute atomic E-state index is 13.5. The predicted octanol–water partition coefficient (Wildman–Crippen LogP) is 0.588. The number of carboxylic acid groups (broad SMARTS) is 2. The molecule has 18 heteroatoms. The molecule has 3 atom stereocenters. The van der Waals surface area contributed by atoms with Gasteiger partial charge in [-0.15, -0.1) is 0 Å². The minimum atomic E-state index is -5.43. The van der Waals surface area contributed by atoms with Crippen LogP contribution in [-0.2, 0) is 26.3 Å². The van der Waals surface area contributed by atoms with Gasteiger partial charge in [-0.1, -0.05) is 90.9 Å². The number of fused-ring (bicyclic) bond motifs is 1. The zero-order chi connectivity index (χ0) is 38.3. The summed E-state index contributed by atoms with van der Waals surface area (Å²) in [5.41, 5.74) is 6.04. The van der Waals surface area contributed by atoms with E-state index in [1.807, 2.05) is 13.8 Å². The Hall–Kier alpha value is -3.64. The van der Waals surface area contributed by atoms with Gasteiger partial charge in [0.25, 0.3) is 21.6 Å². The number of rotatable bonds is 24. The second kappa shape index (κ2) is 21.9. The Morgan fingerprint density at radius 3 is 2.09 bits per heavy atom. The monoisotopic (exact) mass is 767 g/mol. The van der Waals surface area contributed by atoms with Crippen molar-refractivity contribution in [3.8, 4) is 0 Å². The van der Waals surface area contributed by atoms with Crippen molar-refractivity contribution in [2.75, 3.05) is 11.1 Å². The Labute approximate surface area is 331 Å². The number of nitrogen functional groups attached to an aromatic ring is 1. The van der Waals surface area contributed by atoms with E-state index in [4.69, 9.17) is 5.73 Å². The van der Waals surface area contributed by atoms with Crippen LogP contribution in [0, 0.1) is 5.92 Å². The minimum Gasteiger partial charge on any atom is -0.548 e. The number of H-pyrrole nitrogens is 1. The molecule has 0 aliphatic carbocycles. The van der Waals surface area contributed by atoms with Gasteiger partial charge in [-0.3, -0.25) is 19.1 Å². The van der Waals surface area contributed by atoms with Gasteiger partial charge in [-0.25, -0.2) is 14.8 Å². The first-order chi connectivity index (χ1) is 24.7. The third kappa shape index (κ3) is 12.7. The number of unbranched alkanes of at least 4 members (excludes halogenated alkanes) is 10. The van der Waals surface area contributed by atoms with Crippen molar-refractivity contribution in [1.82, 2.24) is 25.3 Å². The van der Waals surface area contributed by atoms with Gasteiger partial charge in [0.2, 0.25) is 5.95 Å². The van der Waals surface area contributed by atoms with Crippen LogP contribution in [0.5, 0.6) is 0 Å². The zero-order valence-electron chi connectivity index (χ0n) is 30.7. The Balaban J connectivity index is 0.00000972. The van der Waals surface area contributed by atoms with Gasteiger partial charge in [0.1, 0.15) is 10.8 Å². The van der Waals surface area contributed by atoms with Gasteiger partial charge >= 0.3 is 35.5 Å². The van der Waals surface area contributed by atoms with Crippen molar-refractivity contribution in [3.05, 3.63) is 52.1 Å². The smallest absolute Gasteiger partial charge is 0.548 e. The average molecular weight is 768 g/mol. The first-order valence-electron chi connectivity index (χ1n) is 17.8. The first kappa shape index (κ1) is 45.5. The number of aromatic nitrogens is 4. The molecule has 16 nitrogen and oxygen atoms in total. The summed E-state index contributed by atoms with van der Waals surface area (Å²) in [7, 11) is -5.43. The fourth-order valence-electron chi connectivity index (χ4n) is 6.39.